The van der Waals surface area contributed by atoms with Crippen molar-refractivity contribution in [2.75, 3.05) is 25.7 Å². The molecule has 0 amide bonds. The lowest BCUT2D eigenvalue weighted by Gasteiger charge is -2.15. The predicted molar refractivity (Wildman–Crippen MR) is 49.1 cm³/mol. The summed E-state index contributed by atoms with van der Waals surface area (Å²) in [4.78, 5) is 0. The Kier molecular flexibility index (Phi) is 4.48. The molecule has 0 N–H and O–H groups in total. The van der Waals surface area contributed by atoms with Gasteiger partial charge in [-0.3, -0.25) is 0 Å². The Morgan fingerprint density at radius 2 is 1.22 bits per heavy atom. The summed E-state index contributed by atoms with van der Waals surface area (Å²) < 4.78 is 0. The van der Waals surface area contributed by atoms with E-state index in [9.17, 15) is 0 Å². The van der Waals surface area contributed by atoms with Gasteiger partial charge in [0.15, 0.2) is 0 Å². The highest BCUT2D eigenvalue weighted by Crippen LogP contribution is 2.51. The molecule has 0 heterocycles. The van der Waals surface area contributed by atoms with E-state index in [0.717, 1.165) is 0 Å². The molecule has 0 aromatic rings. The molecular weight excluding hydrogens is 127 g/mol. The first-order valence-corrected chi connectivity index (χ1v) is 6.99. The zero-order chi connectivity index (χ0) is 7.33. The molecule has 0 saturated carbocycles. The van der Waals surface area contributed by atoms with E-state index in [1.54, 1.807) is 0 Å². The average molecular weight is 147 g/mol. The summed E-state index contributed by atoms with van der Waals surface area (Å²) in [5.74, 6) is 0. The Hall–Kier alpha value is 0.430. The third-order valence-corrected chi connectivity index (χ3v) is 4.97. The van der Waals surface area contributed by atoms with Gasteiger partial charge in [-0.1, -0.05) is 13.8 Å². The first-order chi connectivity index (χ1) is 4.12. The number of rotatable bonds is 4. The highest BCUT2D eigenvalue weighted by atomic mass is 31.2. The summed E-state index contributed by atoms with van der Waals surface area (Å²) in [6, 6.07) is 0. The lowest BCUT2D eigenvalue weighted by molar-refractivity contribution is 1.04. The highest BCUT2D eigenvalue weighted by Gasteiger charge is 2.21. The third-order valence-electron chi connectivity index (χ3n) is 1.66. The van der Waals surface area contributed by atoms with Crippen LogP contribution in [0.25, 0.3) is 0 Å². The maximum absolute atomic E-state index is 2.47. The SMILES string of the molecule is CCC[P+](C)(C)CCC. The number of hydrogen-bond acceptors (Lipinski definition) is 0. The Morgan fingerprint density at radius 3 is 1.44 bits per heavy atom. The molecule has 56 valence electrons. The van der Waals surface area contributed by atoms with Crippen LogP contribution < -0.4 is 0 Å². The molecule has 0 radical (unpaired) electrons. The monoisotopic (exact) mass is 147 g/mol. The fraction of sp³-hybridized carbons (Fsp3) is 1.00. The molecule has 1 heteroatoms. The minimum Gasteiger partial charge on any atom is -0.0619 e. The van der Waals surface area contributed by atoms with Gasteiger partial charge < -0.3 is 0 Å². The molecular formula is C8H20P+. The summed E-state index contributed by atoms with van der Waals surface area (Å²) in [5.41, 5.74) is 0. The van der Waals surface area contributed by atoms with Gasteiger partial charge in [0.1, 0.15) is 0 Å². The molecule has 0 spiro atoms. The molecule has 0 aromatic heterocycles. The first-order valence-electron chi connectivity index (χ1n) is 3.94. The molecule has 0 unspecified atom stereocenters. The van der Waals surface area contributed by atoms with Crippen LogP contribution in [0.5, 0.6) is 0 Å². The van der Waals surface area contributed by atoms with E-state index in [2.05, 4.69) is 27.2 Å². The minimum absolute atomic E-state index is 0.443. The molecule has 0 aromatic carbocycles. The van der Waals surface area contributed by atoms with Crippen molar-refractivity contribution in [1.82, 2.24) is 0 Å². The van der Waals surface area contributed by atoms with Crippen molar-refractivity contribution in [1.29, 1.82) is 0 Å². The second-order valence-electron chi connectivity index (χ2n) is 3.38. The maximum Gasteiger partial charge on any atom is 0.0586 e. The molecule has 0 nitrogen and oxygen atoms in total. The van der Waals surface area contributed by atoms with Crippen molar-refractivity contribution in [3.8, 4) is 0 Å². The van der Waals surface area contributed by atoms with Crippen LogP contribution in [0.3, 0.4) is 0 Å². The summed E-state index contributed by atoms with van der Waals surface area (Å²) in [5, 5.41) is 0. The normalized spacial score (nSPS) is 12.0. The Morgan fingerprint density at radius 1 is 0.889 bits per heavy atom. The van der Waals surface area contributed by atoms with E-state index < -0.39 is 7.26 Å². The van der Waals surface area contributed by atoms with Crippen molar-refractivity contribution in [3.05, 3.63) is 0 Å². The quantitative estimate of drug-likeness (QED) is 0.536. The predicted octanol–water partition coefficient (Wildman–Crippen LogP) is 3.08. The smallest absolute Gasteiger partial charge is 0.0586 e. The average Bonchev–Trinajstić information content (AvgIpc) is 1.64. The molecule has 0 rings (SSSR count). The van der Waals surface area contributed by atoms with Crippen molar-refractivity contribution >= 4 is 7.26 Å². The van der Waals surface area contributed by atoms with Gasteiger partial charge in [0.25, 0.3) is 0 Å². The molecule has 0 aliphatic rings. The van der Waals surface area contributed by atoms with Gasteiger partial charge in [0.05, 0.1) is 12.3 Å². The molecule has 0 bridgehead atoms. The Bertz CT molecular complexity index is 59.0. The largest absolute Gasteiger partial charge is 0.0619 e. The van der Waals surface area contributed by atoms with Crippen molar-refractivity contribution in [2.45, 2.75) is 26.7 Å². The van der Waals surface area contributed by atoms with Gasteiger partial charge in [-0.2, -0.15) is 0 Å². The van der Waals surface area contributed by atoms with Crippen LogP contribution in [-0.4, -0.2) is 25.7 Å². The van der Waals surface area contributed by atoms with Gasteiger partial charge in [0, 0.05) is 20.6 Å². The third kappa shape index (κ3) is 4.90. The first kappa shape index (κ1) is 9.43. The van der Waals surface area contributed by atoms with Crippen LogP contribution in [0.4, 0.5) is 0 Å². The zero-order valence-electron chi connectivity index (χ0n) is 7.28. The van der Waals surface area contributed by atoms with Crippen LogP contribution in [0, 0.1) is 0 Å². The van der Waals surface area contributed by atoms with E-state index in [1.165, 1.54) is 25.2 Å². The van der Waals surface area contributed by atoms with Gasteiger partial charge in [-0.05, 0) is 12.8 Å². The fourth-order valence-corrected chi connectivity index (χ4v) is 3.97. The van der Waals surface area contributed by atoms with Crippen LogP contribution in [0.15, 0.2) is 0 Å². The van der Waals surface area contributed by atoms with Crippen LogP contribution in [0.1, 0.15) is 26.7 Å². The van der Waals surface area contributed by atoms with Crippen molar-refractivity contribution < 1.29 is 0 Å². The molecule has 0 aliphatic carbocycles. The van der Waals surface area contributed by atoms with E-state index in [0.29, 0.717) is 0 Å². The maximum atomic E-state index is 2.47. The highest BCUT2D eigenvalue weighted by molar-refractivity contribution is 7.74. The second-order valence-corrected chi connectivity index (χ2v) is 8.15. The molecule has 0 aliphatic heterocycles. The van der Waals surface area contributed by atoms with Crippen LogP contribution in [-0.2, 0) is 0 Å². The lowest BCUT2D eigenvalue weighted by atomic mass is 10.6. The van der Waals surface area contributed by atoms with Crippen LogP contribution in [0.2, 0.25) is 0 Å². The summed E-state index contributed by atoms with van der Waals surface area (Å²) in [6.07, 6.45) is 5.73. The summed E-state index contributed by atoms with van der Waals surface area (Å²) in [7, 11) is -0.443. The van der Waals surface area contributed by atoms with Gasteiger partial charge in [-0.25, -0.2) is 0 Å². The zero-order valence-corrected chi connectivity index (χ0v) is 8.17. The van der Waals surface area contributed by atoms with E-state index >= 15 is 0 Å². The minimum atomic E-state index is -0.443. The summed E-state index contributed by atoms with van der Waals surface area (Å²) in [6.45, 7) is 9.52. The number of hydrogen-bond donors (Lipinski definition) is 0. The van der Waals surface area contributed by atoms with Crippen molar-refractivity contribution in [2.24, 2.45) is 0 Å². The molecule has 9 heavy (non-hydrogen) atoms. The molecule has 0 atom stereocenters. The summed E-state index contributed by atoms with van der Waals surface area (Å²) >= 11 is 0. The van der Waals surface area contributed by atoms with E-state index in [-0.39, 0.29) is 0 Å². The topological polar surface area (TPSA) is 0 Å². The van der Waals surface area contributed by atoms with Crippen molar-refractivity contribution in [3.63, 3.8) is 0 Å². The fourth-order valence-electron chi connectivity index (χ4n) is 1.32. The molecule has 0 fully saturated rings. The van der Waals surface area contributed by atoms with Gasteiger partial charge >= 0.3 is 0 Å². The van der Waals surface area contributed by atoms with E-state index in [4.69, 9.17) is 0 Å². The molecule has 0 saturated heterocycles. The lowest BCUT2D eigenvalue weighted by Crippen LogP contribution is -1.98. The Labute approximate surface area is 60.4 Å². The second kappa shape index (κ2) is 4.28. The van der Waals surface area contributed by atoms with Gasteiger partial charge in [0.2, 0.25) is 0 Å². The van der Waals surface area contributed by atoms with E-state index in [1.807, 2.05) is 0 Å². The standard InChI is InChI=1S/C8H20P/c1-5-7-9(3,4)8-6-2/h5-8H2,1-4H3/q+1. The van der Waals surface area contributed by atoms with Crippen LogP contribution >= 0.6 is 7.26 Å². The Balaban J connectivity index is 3.43. The van der Waals surface area contributed by atoms with Gasteiger partial charge in [-0.15, -0.1) is 0 Å².